The van der Waals surface area contributed by atoms with Crippen molar-refractivity contribution in [1.29, 1.82) is 0 Å². The number of ether oxygens (including phenoxy) is 6. The fraction of sp³-hybridized carbons (Fsp3) is 0.300. The zero-order valence-electron chi connectivity index (χ0n) is 29.1. The minimum absolute atomic E-state index is 0.546. The molecule has 0 saturated carbocycles. The first kappa shape index (κ1) is 35.6. The van der Waals surface area contributed by atoms with E-state index in [0.717, 1.165) is 21.6 Å². The summed E-state index contributed by atoms with van der Waals surface area (Å²) in [6.07, 6.45) is -1.81. The Morgan fingerprint density at radius 2 is 0.898 bits per heavy atom. The molecule has 9 heteroatoms. The molecule has 0 aliphatic carbocycles. The molecule has 8 nitrogen and oxygen atoms in total. The summed E-state index contributed by atoms with van der Waals surface area (Å²) in [5.41, 5.74) is 2.72. The van der Waals surface area contributed by atoms with Crippen molar-refractivity contribution in [2.45, 2.75) is 51.1 Å². The van der Waals surface area contributed by atoms with Gasteiger partial charge in [0.05, 0.1) is 28.4 Å². The van der Waals surface area contributed by atoms with Gasteiger partial charge in [0.15, 0.2) is 23.0 Å². The Morgan fingerprint density at radius 1 is 0.490 bits per heavy atom. The number of thiophene rings is 1. The van der Waals surface area contributed by atoms with Gasteiger partial charge in [-0.1, -0.05) is 24.3 Å². The molecule has 1 heterocycles. The summed E-state index contributed by atoms with van der Waals surface area (Å²) in [6.45, 7) is 7.41. The second kappa shape index (κ2) is 14.8. The van der Waals surface area contributed by atoms with E-state index in [0.29, 0.717) is 45.6 Å². The molecule has 0 saturated heterocycles. The van der Waals surface area contributed by atoms with Crippen LogP contribution in [0.2, 0.25) is 0 Å². The number of methoxy groups -OCH3 is 4. The van der Waals surface area contributed by atoms with E-state index >= 15 is 0 Å². The summed E-state index contributed by atoms with van der Waals surface area (Å²) >= 11 is 1.66. The van der Waals surface area contributed by atoms with Gasteiger partial charge < -0.3 is 38.6 Å². The van der Waals surface area contributed by atoms with Gasteiger partial charge in [-0.25, -0.2) is 0 Å². The van der Waals surface area contributed by atoms with Gasteiger partial charge in [-0.05, 0) is 128 Å². The first-order valence-corrected chi connectivity index (χ1v) is 16.7. The first-order valence-electron chi connectivity index (χ1n) is 15.9. The maximum absolute atomic E-state index is 11.2. The van der Waals surface area contributed by atoms with Crippen molar-refractivity contribution in [1.82, 2.24) is 0 Å². The summed E-state index contributed by atoms with van der Waals surface area (Å²) in [5, 5.41) is 24.5. The van der Waals surface area contributed by atoms with Crippen LogP contribution >= 0.6 is 11.3 Å². The largest absolute Gasteiger partial charge is 0.493 e. The smallest absolute Gasteiger partial charge is 0.161 e. The highest BCUT2D eigenvalue weighted by atomic mass is 32.1. The van der Waals surface area contributed by atoms with Crippen LogP contribution in [-0.4, -0.2) is 49.9 Å². The van der Waals surface area contributed by atoms with Crippen molar-refractivity contribution in [2.75, 3.05) is 28.4 Å². The number of hydrogen-bond donors (Lipinski definition) is 2. The molecule has 5 aromatic rings. The molecular formula is C40H44O8S. The molecule has 0 fully saturated rings. The van der Waals surface area contributed by atoms with E-state index in [9.17, 15) is 10.2 Å². The number of rotatable bonds is 14. The SMILES string of the molecule is COc1ccc(C(O)C(C)(C)Oc2ccc(-c3csc(-c4ccc(OC(C)(C)C(O)c5ccc(OC)c(OC)c5)cc4)c3)cc2)cc1OC. The molecule has 2 N–H and O–H groups in total. The lowest BCUT2D eigenvalue weighted by molar-refractivity contribution is -0.0302. The number of benzene rings is 4. The van der Waals surface area contributed by atoms with E-state index in [2.05, 4.69) is 11.4 Å². The summed E-state index contributed by atoms with van der Waals surface area (Å²) in [5.74, 6) is 3.59. The Labute approximate surface area is 292 Å². The summed E-state index contributed by atoms with van der Waals surface area (Å²) in [4.78, 5) is 1.12. The molecule has 5 rings (SSSR count). The normalized spacial score (nSPS) is 12.9. The van der Waals surface area contributed by atoms with Gasteiger partial charge >= 0.3 is 0 Å². The van der Waals surface area contributed by atoms with Crippen LogP contribution in [0.4, 0.5) is 0 Å². The van der Waals surface area contributed by atoms with E-state index in [1.807, 2.05) is 88.4 Å². The van der Waals surface area contributed by atoms with Crippen LogP contribution in [0.3, 0.4) is 0 Å². The third-order valence-electron chi connectivity index (χ3n) is 8.45. The van der Waals surface area contributed by atoms with Gasteiger partial charge in [-0.15, -0.1) is 11.3 Å². The van der Waals surface area contributed by atoms with E-state index in [4.69, 9.17) is 28.4 Å². The van der Waals surface area contributed by atoms with Crippen molar-refractivity contribution >= 4 is 11.3 Å². The standard InChI is InChI=1S/C40H44O8S/c1-39(2,37(41)27-13-19-32(43-5)34(21-27)45-7)47-30-15-9-25(10-16-30)29-23-36(49-24-29)26-11-17-31(18-12-26)48-40(3,4)38(42)28-14-20-33(44-6)35(22-28)46-8/h9-24,37-38,41-42H,1-8H3. The molecule has 2 unspecified atom stereocenters. The highest BCUT2D eigenvalue weighted by molar-refractivity contribution is 7.14. The maximum Gasteiger partial charge on any atom is 0.161 e. The zero-order valence-corrected chi connectivity index (χ0v) is 30.0. The topological polar surface area (TPSA) is 95.8 Å². The van der Waals surface area contributed by atoms with Gasteiger partial charge in [-0.2, -0.15) is 0 Å². The van der Waals surface area contributed by atoms with Crippen molar-refractivity contribution < 1.29 is 38.6 Å². The molecule has 2 atom stereocenters. The highest BCUT2D eigenvalue weighted by Gasteiger charge is 2.33. The lowest BCUT2D eigenvalue weighted by atomic mass is 9.94. The minimum atomic E-state index is -0.914. The van der Waals surface area contributed by atoms with E-state index in [1.165, 1.54) is 0 Å². The van der Waals surface area contributed by atoms with Crippen LogP contribution < -0.4 is 28.4 Å². The van der Waals surface area contributed by atoms with E-state index < -0.39 is 23.4 Å². The lowest BCUT2D eigenvalue weighted by Gasteiger charge is -2.32. The van der Waals surface area contributed by atoms with Crippen molar-refractivity contribution in [2.24, 2.45) is 0 Å². The van der Waals surface area contributed by atoms with Gasteiger partial charge in [0.1, 0.15) is 34.9 Å². The van der Waals surface area contributed by atoms with E-state index in [1.54, 1.807) is 64.0 Å². The monoisotopic (exact) mass is 684 g/mol. The first-order chi connectivity index (χ1) is 23.4. The average Bonchev–Trinajstić information content (AvgIpc) is 3.61. The minimum Gasteiger partial charge on any atom is -0.493 e. The van der Waals surface area contributed by atoms with Gasteiger partial charge in [-0.3, -0.25) is 0 Å². The van der Waals surface area contributed by atoms with Gasteiger partial charge in [0.2, 0.25) is 0 Å². The molecule has 0 aliphatic heterocycles. The Morgan fingerprint density at radius 3 is 1.31 bits per heavy atom. The molecule has 0 aliphatic rings. The van der Waals surface area contributed by atoms with Gasteiger partial charge in [0, 0.05) is 4.88 Å². The van der Waals surface area contributed by atoms with Gasteiger partial charge in [0.25, 0.3) is 0 Å². The van der Waals surface area contributed by atoms with Crippen LogP contribution in [-0.2, 0) is 0 Å². The molecule has 4 aromatic carbocycles. The second-order valence-corrected chi connectivity index (χ2v) is 13.6. The highest BCUT2D eigenvalue weighted by Crippen LogP contribution is 2.39. The predicted octanol–water partition coefficient (Wildman–Crippen LogP) is 8.90. The zero-order chi connectivity index (χ0) is 35.3. The Balaban J connectivity index is 1.23. The molecular weight excluding hydrogens is 640 g/mol. The molecule has 0 radical (unpaired) electrons. The second-order valence-electron chi connectivity index (χ2n) is 12.7. The molecule has 0 spiro atoms. The van der Waals surface area contributed by atoms with Crippen LogP contribution in [0.1, 0.15) is 51.0 Å². The quantitative estimate of drug-likeness (QED) is 0.120. The number of hydrogen-bond acceptors (Lipinski definition) is 9. The van der Waals surface area contributed by atoms with Crippen LogP contribution in [0, 0.1) is 0 Å². The number of aliphatic hydroxyl groups excluding tert-OH is 2. The molecule has 0 amide bonds. The van der Waals surface area contributed by atoms with Crippen molar-refractivity contribution in [3.05, 3.63) is 108 Å². The summed E-state index contributed by atoms with van der Waals surface area (Å²) in [6, 6.07) is 28.6. The Bertz CT molecular complexity index is 1710. The van der Waals surface area contributed by atoms with Crippen LogP contribution in [0.25, 0.3) is 21.6 Å². The maximum atomic E-state index is 11.2. The fourth-order valence-electron chi connectivity index (χ4n) is 5.61. The molecule has 0 bridgehead atoms. The van der Waals surface area contributed by atoms with Crippen LogP contribution in [0.15, 0.2) is 96.4 Å². The average molecular weight is 685 g/mol. The summed E-state index contributed by atoms with van der Waals surface area (Å²) in [7, 11) is 6.29. The third-order valence-corrected chi connectivity index (χ3v) is 9.43. The Hall–Kier alpha value is -4.70. The summed E-state index contributed by atoms with van der Waals surface area (Å²) < 4.78 is 34.0. The molecule has 49 heavy (non-hydrogen) atoms. The lowest BCUT2D eigenvalue weighted by Crippen LogP contribution is -2.36. The Kier molecular flexibility index (Phi) is 10.8. The van der Waals surface area contributed by atoms with E-state index in [-0.39, 0.29) is 0 Å². The molecule has 1 aromatic heterocycles. The number of aliphatic hydroxyl groups is 2. The molecule has 258 valence electrons. The van der Waals surface area contributed by atoms with Crippen molar-refractivity contribution in [3.63, 3.8) is 0 Å². The third kappa shape index (κ3) is 7.96. The van der Waals surface area contributed by atoms with Crippen molar-refractivity contribution in [3.8, 4) is 56.1 Å². The van der Waals surface area contributed by atoms with Crippen LogP contribution in [0.5, 0.6) is 34.5 Å². The fourth-order valence-corrected chi connectivity index (χ4v) is 6.53. The predicted molar refractivity (Wildman–Crippen MR) is 194 cm³/mol.